The van der Waals surface area contributed by atoms with Crippen molar-refractivity contribution in [2.45, 2.75) is 78.3 Å². The number of carbonyl (C=O) groups excluding carboxylic acids is 5. The van der Waals surface area contributed by atoms with Gasteiger partial charge in [-0.15, -0.1) is 0 Å². The molecule has 0 spiro atoms. The average Bonchev–Trinajstić information content (AvgIpc) is 2.70. The summed E-state index contributed by atoms with van der Waals surface area (Å²) >= 11 is 0. The molecule has 0 N–H and O–H groups in total. The number of esters is 4. The Labute approximate surface area is 192 Å². The smallest absolute Gasteiger partial charge is 0.305 e. The number of nitrogens with zero attached hydrogens (tertiary/aromatic N) is 2. The quantitative estimate of drug-likeness (QED) is 0.369. The van der Waals surface area contributed by atoms with Gasteiger partial charge >= 0.3 is 23.9 Å². The van der Waals surface area contributed by atoms with E-state index < -0.39 is 60.5 Å². The minimum atomic E-state index is -1.56. The molecule has 0 saturated carbocycles. The van der Waals surface area contributed by atoms with E-state index in [9.17, 15) is 24.0 Å². The fourth-order valence-corrected chi connectivity index (χ4v) is 3.87. The van der Waals surface area contributed by atoms with Crippen LogP contribution in [0.3, 0.4) is 0 Å². The topological polar surface area (TPSA) is 138 Å². The van der Waals surface area contributed by atoms with Crippen molar-refractivity contribution < 1.29 is 47.7 Å². The van der Waals surface area contributed by atoms with Gasteiger partial charge in [-0.2, -0.15) is 0 Å². The van der Waals surface area contributed by atoms with Gasteiger partial charge in [0.1, 0.15) is 0 Å². The fourth-order valence-electron chi connectivity index (χ4n) is 3.87. The van der Waals surface area contributed by atoms with Crippen LogP contribution in [0.15, 0.2) is 0 Å². The van der Waals surface area contributed by atoms with Crippen molar-refractivity contribution >= 4 is 29.8 Å². The van der Waals surface area contributed by atoms with Crippen molar-refractivity contribution in [1.29, 1.82) is 0 Å². The van der Waals surface area contributed by atoms with E-state index in [1.54, 1.807) is 4.90 Å². The van der Waals surface area contributed by atoms with Crippen molar-refractivity contribution in [3.63, 3.8) is 0 Å². The lowest BCUT2D eigenvalue weighted by molar-refractivity contribution is -0.292. The van der Waals surface area contributed by atoms with Crippen molar-refractivity contribution in [1.82, 2.24) is 9.80 Å². The van der Waals surface area contributed by atoms with Gasteiger partial charge in [0.05, 0.1) is 0 Å². The summed E-state index contributed by atoms with van der Waals surface area (Å²) in [6, 6.07) is 0.313. The molecule has 5 atom stereocenters. The largest absolute Gasteiger partial charge is 0.455 e. The molecule has 186 valence electrons. The number of rotatable bonds is 6. The third-order valence-corrected chi connectivity index (χ3v) is 5.28. The Morgan fingerprint density at radius 3 is 1.61 bits per heavy atom. The third kappa shape index (κ3) is 7.13. The maximum Gasteiger partial charge on any atom is 0.305 e. The van der Waals surface area contributed by atoms with Gasteiger partial charge in [-0.25, -0.2) is 0 Å². The first-order chi connectivity index (χ1) is 15.4. The first-order valence-electron chi connectivity index (χ1n) is 10.8. The molecule has 2 heterocycles. The summed E-state index contributed by atoms with van der Waals surface area (Å²) in [5, 5.41) is 0. The molecule has 0 aliphatic carbocycles. The third-order valence-electron chi connectivity index (χ3n) is 5.28. The van der Waals surface area contributed by atoms with Crippen LogP contribution < -0.4 is 0 Å². The minimum absolute atomic E-state index is 0.313. The molecular weight excluding hydrogens is 440 g/mol. The maximum absolute atomic E-state index is 13.4. The van der Waals surface area contributed by atoms with E-state index in [0.29, 0.717) is 32.2 Å². The zero-order valence-electron chi connectivity index (χ0n) is 19.8. The molecule has 33 heavy (non-hydrogen) atoms. The van der Waals surface area contributed by atoms with Gasteiger partial charge in [0.25, 0.3) is 5.91 Å². The molecule has 2 aliphatic heterocycles. The number of carbonyl (C=O) groups is 5. The van der Waals surface area contributed by atoms with E-state index in [1.165, 1.54) is 0 Å². The maximum atomic E-state index is 13.4. The predicted octanol–water partition coefficient (Wildman–Crippen LogP) is -0.378. The molecule has 1 amide bonds. The van der Waals surface area contributed by atoms with E-state index >= 15 is 0 Å². The number of ether oxygens (including phenoxy) is 5. The van der Waals surface area contributed by atoms with Crippen LogP contribution in [0.5, 0.6) is 0 Å². The average molecular weight is 472 g/mol. The van der Waals surface area contributed by atoms with Crippen LogP contribution in [0.1, 0.15) is 41.5 Å². The molecule has 2 aliphatic rings. The van der Waals surface area contributed by atoms with E-state index in [-0.39, 0.29) is 0 Å². The number of hydrogen-bond donors (Lipinski definition) is 0. The van der Waals surface area contributed by atoms with Crippen LogP contribution in [0.2, 0.25) is 0 Å². The van der Waals surface area contributed by atoms with Crippen LogP contribution >= 0.6 is 0 Å². The Kier molecular flexibility index (Phi) is 9.17. The Balaban J connectivity index is 2.40. The standard InChI is InChI=1S/C21H32N2O10/c1-11(2)22-7-9-23(10-8-22)20(28)18-16(29-12(3)24)17(30-13(4)25)19(31-14(5)26)21(33-18)32-15(6)27/h11,16-19,21H,7-10H2,1-6H3/t16-,17-,18-,19+,21?/m0/s1. The Morgan fingerprint density at radius 1 is 0.697 bits per heavy atom. The fraction of sp³-hybridized carbons (Fsp3) is 0.762. The van der Waals surface area contributed by atoms with E-state index in [0.717, 1.165) is 27.7 Å². The van der Waals surface area contributed by atoms with Gasteiger partial charge in [-0.3, -0.25) is 28.9 Å². The molecule has 1 unspecified atom stereocenters. The minimum Gasteiger partial charge on any atom is -0.455 e. The zero-order chi connectivity index (χ0) is 24.9. The molecule has 0 aromatic heterocycles. The SMILES string of the molecule is CC(=O)OC1O[C@H](C(=O)N2CCN(C(C)C)CC2)[C@@H](OC(C)=O)[C@H](OC(C)=O)[C@H]1OC(C)=O. The predicted molar refractivity (Wildman–Crippen MR) is 110 cm³/mol. The zero-order valence-corrected chi connectivity index (χ0v) is 19.8. The summed E-state index contributed by atoms with van der Waals surface area (Å²) in [5.41, 5.74) is 0. The van der Waals surface area contributed by atoms with Crippen LogP contribution in [0.25, 0.3) is 0 Å². The van der Waals surface area contributed by atoms with Gasteiger partial charge in [0.15, 0.2) is 18.3 Å². The second-order valence-corrected chi connectivity index (χ2v) is 8.21. The number of piperazine rings is 1. The highest BCUT2D eigenvalue weighted by Gasteiger charge is 2.56. The second kappa shape index (κ2) is 11.4. The Bertz CT molecular complexity index is 762. The molecule has 2 saturated heterocycles. The van der Waals surface area contributed by atoms with E-state index in [4.69, 9.17) is 23.7 Å². The molecule has 0 aromatic carbocycles. The van der Waals surface area contributed by atoms with Crippen molar-refractivity contribution in [3.05, 3.63) is 0 Å². The lowest BCUT2D eigenvalue weighted by Gasteiger charge is -2.45. The molecule has 2 fully saturated rings. The summed E-state index contributed by atoms with van der Waals surface area (Å²) in [6.45, 7) is 10.6. The summed E-state index contributed by atoms with van der Waals surface area (Å²) in [6.07, 6.45) is -7.35. The van der Waals surface area contributed by atoms with Crippen LogP contribution in [0, 0.1) is 0 Å². The summed E-state index contributed by atoms with van der Waals surface area (Å²) < 4.78 is 26.7. The molecule has 12 nitrogen and oxygen atoms in total. The van der Waals surface area contributed by atoms with Gasteiger partial charge < -0.3 is 28.6 Å². The Morgan fingerprint density at radius 2 is 1.15 bits per heavy atom. The van der Waals surface area contributed by atoms with E-state index in [1.807, 2.05) is 0 Å². The van der Waals surface area contributed by atoms with Crippen molar-refractivity contribution in [2.75, 3.05) is 26.2 Å². The lowest BCUT2D eigenvalue weighted by atomic mass is 9.96. The molecule has 0 bridgehead atoms. The van der Waals surface area contributed by atoms with Gasteiger partial charge in [0, 0.05) is 59.9 Å². The number of hydrogen-bond acceptors (Lipinski definition) is 11. The molecule has 0 aromatic rings. The van der Waals surface area contributed by atoms with Crippen LogP contribution in [-0.2, 0) is 47.7 Å². The first kappa shape index (κ1) is 26.5. The van der Waals surface area contributed by atoms with Gasteiger partial charge in [-0.1, -0.05) is 0 Å². The number of amides is 1. The van der Waals surface area contributed by atoms with Gasteiger partial charge in [-0.05, 0) is 13.8 Å². The Hall–Kier alpha value is -2.73. The van der Waals surface area contributed by atoms with Crippen molar-refractivity contribution in [2.24, 2.45) is 0 Å². The normalized spacial score (nSPS) is 28.1. The first-order valence-corrected chi connectivity index (χ1v) is 10.8. The second-order valence-electron chi connectivity index (χ2n) is 8.21. The molecule has 0 radical (unpaired) electrons. The summed E-state index contributed by atoms with van der Waals surface area (Å²) in [7, 11) is 0. The van der Waals surface area contributed by atoms with Gasteiger partial charge in [0.2, 0.25) is 12.4 Å². The van der Waals surface area contributed by atoms with Crippen LogP contribution in [0.4, 0.5) is 0 Å². The summed E-state index contributed by atoms with van der Waals surface area (Å²) in [4.78, 5) is 64.2. The lowest BCUT2D eigenvalue weighted by Crippen LogP contribution is -2.66. The highest BCUT2D eigenvalue weighted by molar-refractivity contribution is 5.83. The van der Waals surface area contributed by atoms with Crippen LogP contribution in [-0.4, -0.2) is 103 Å². The summed E-state index contributed by atoms with van der Waals surface area (Å²) in [5.74, 6) is -3.64. The highest BCUT2D eigenvalue weighted by atomic mass is 16.7. The van der Waals surface area contributed by atoms with E-state index in [2.05, 4.69) is 18.7 Å². The molecule has 2 rings (SSSR count). The highest BCUT2D eigenvalue weighted by Crippen LogP contribution is 2.31. The molecule has 12 heteroatoms. The monoisotopic (exact) mass is 472 g/mol. The van der Waals surface area contributed by atoms with Crippen molar-refractivity contribution in [3.8, 4) is 0 Å². The molecular formula is C21H32N2O10.